The number of halogens is 1. The van der Waals surface area contributed by atoms with Gasteiger partial charge >= 0.3 is 6.03 Å². The zero-order valence-electron chi connectivity index (χ0n) is 8.75. The van der Waals surface area contributed by atoms with Crippen molar-refractivity contribution < 1.29 is 18.8 Å². The topological polar surface area (TPSA) is 97.2 Å². The van der Waals surface area contributed by atoms with Crippen LogP contribution in [0.5, 0.6) is 0 Å². The normalized spacial score (nSPS) is 20.7. The average molecular weight is 241 g/mol. The molecular formula is C8H8FN5O3. The van der Waals surface area contributed by atoms with E-state index in [1.807, 2.05) is 0 Å². The molecule has 1 aliphatic heterocycles. The Morgan fingerprint density at radius 1 is 1.47 bits per heavy atom. The van der Waals surface area contributed by atoms with Gasteiger partial charge in [0.1, 0.15) is 6.33 Å². The molecule has 0 bridgehead atoms. The molecule has 1 N–H and O–H groups in total. The molecule has 1 aliphatic rings. The molecule has 2 heterocycles. The van der Waals surface area contributed by atoms with Crippen LogP contribution < -0.4 is 5.32 Å². The van der Waals surface area contributed by atoms with Gasteiger partial charge in [0.25, 0.3) is 18.0 Å². The fourth-order valence-electron chi connectivity index (χ4n) is 1.33. The first-order valence-corrected chi connectivity index (χ1v) is 4.64. The summed E-state index contributed by atoms with van der Waals surface area (Å²) < 4.78 is 14.5. The lowest BCUT2D eigenvalue weighted by Gasteiger charge is -2.25. The van der Waals surface area contributed by atoms with Gasteiger partial charge in [-0.15, -0.1) is 0 Å². The summed E-state index contributed by atoms with van der Waals surface area (Å²) in [6.07, 6.45) is -0.990. The van der Waals surface area contributed by atoms with E-state index in [0.29, 0.717) is 4.90 Å². The average Bonchev–Trinajstić information content (AvgIpc) is 2.67. The Hall–Kier alpha value is -2.32. The standard InChI is InChI=1S/C8H8FN5O3/c1-13-3-10-4(12-13)2-14-7(16)5(9)6(15)11-8(14)17/h3,5H,2H2,1H3,(H,11,15,17). The fourth-order valence-corrected chi connectivity index (χ4v) is 1.33. The number of imide groups is 2. The lowest BCUT2D eigenvalue weighted by Crippen LogP contribution is -2.58. The summed E-state index contributed by atoms with van der Waals surface area (Å²) >= 11 is 0. The highest BCUT2D eigenvalue weighted by Gasteiger charge is 2.41. The number of alkyl halides is 1. The van der Waals surface area contributed by atoms with Crippen molar-refractivity contribution in [3.8, 4) is 0 Å². The predicted octanol–water partition coefficient (Wildman–Crippen LogP) is -1.27. The van der Waals surface area contributed by atoms with Gasteiger partial charge in [0.2, 0.25) is 0 Å². The quantitative estimate of drug-likeness (QED) is 0.651. The lowest BCUT2D eigenvalue weighted by molar-refractivity contribution is -0.144. The van der Waals surface area contributed by atoms with E-state index in [4.69, 9.17) is 0 Å². The number of hydrogen-bond acceptors (Lipinski definition) is 5. The van der Waals surface area contributed by atoms with Gasteiger partial charge < -0.3 is 0 Å². The third-order valence-electron chi connectivity index (χ3n) is 2.13. The predicted molar refractivity (Wildman–Crippen MR) is 50.0 cm³/mol. The molecule has 1 fully saturated rings. The summed E-state index contributed by atoms with van der Waals surface area (Å²) in [5.74, 6) is -2.27. The number of rotatable bonds is 2. The van der Waals surface area contributed by atoms with E-state index in [9.17, 15) is 18.8 Å². The molecule has 0 radical (unpaired) electrons. The Balaban J connectivity index is 2.17. The second kappa shape index (κ2) is 3.92. The Kier molecular flexibility index (Phi) is 2.58. The first-order valence-electron chi connectivity index (χ1n) is 4.64. The molecule has 90 valence electrons. The molecule has 1 saturated heterocycles. The summed E-state index contributed by atoms with van der Waals surface area (Å²) in [6.45, 7) is -0.279. The van der Waals surface area contributed by atoms with Crippen molar-refractivity contribution in [2.45, 2.75) is 12.7 Å². The van der Waals surface area contributed by atoms with E-state index in [1.165, 1.54) is 11.0 Å². The highest BCUT2D eigenvalue weighted by molar-refractivity contribution is 6.17. The number of carbonyl (C=O) groups excluding carboxylic acids is 3. The van der Waals surface area contributed by atoms with Crippen LogP contribution in [0.1, 0.15) is 5.82 Å². The van der Waals surface area contributed by atoms with Crippen LogP contribution in [-0.4, -0.2) is 43.7 Å². The second-order valence-corrected chi connectivity index (χ2v) is 3.42. The zero-order valence-corrected chi connectivity index (χ0v) is 8.75. The highest BCUT2D eigenvalue weighted by Crippen LogP contribution is 2.09. The van der Waals surface area contributed by atoms with E-state index in [2.05, 4.69) is 10.1 Å². The van der Waals surface area contributed by atoms with Crippen molar-refractivity contribution in [1.82, 2.24) is 25.0 Å². The van der Waals surface area contributed by atoms with Gasteiger partial charge in [0, 0.05) is 7.05 Å². The SMILES string of the molecule is Cn1cnc(CN2C(=O)NC(=O)C(F)C2=O)n1. The number of nitrogens with one attached hydrogen (secondary N) is 1. The maximum absolute atomic E-state index is 13.1. The van der Waals surface area contributed by atoms with Crippen LogP contribution in [0, 0.1) is 0 Å². The molecule has 4 amide bonds. The van der Waals surface area contributed by atoms with Crippen molar-refractivity contribution in [2.75, 3.05) is 0 Å². The molecule has 0 spiro atoms. The summed E-state index contributed by atoms with van der Waals surface area (Å²) in [5.41, 5.74) is 0. The minimum atomic E-state index is -2.36. The zero-order chi connectivity index (χ0) is 12.6. The van der Waals surface area contributed by atoms with Crippen molar-refractivity contribution in [3.05, 3.63) is 12.2 Å². The molecule has 9 heteroatoms. The third kappa shape index (κ3) is 1.98. The number of amides is 4. The van der Waals surface area contributed by atoms with Crippen LogP contribution in [0.15, 0.2) is 6.33 Å². The van der Waals surface area contributed by atoms with Gasteiger partial charge in [0.05, 0.1) is 6.54 Å². The summed E-state index contributed by atoms with van der Waals surface area (Å²) in [4.78, 5) is 37.9. The molecule has 1 atom stereocenters. The van der Waals surface area contributed by atoms with Gasteiger partial charge in [-0.3, -0.25) is 24.5 Å². The van der Waals surface area contributed by atoms with Crippen molar-refractivity contribution in [1.29, 1.82) is 0 Å². The van der Waals surface area contributed by atoms with E-state index < -0.39 is 24.0 Å². The van der Waals surface area contributed by atoms with E-state index in [1.54, 1.807) is 12.4 Å². The number of hydrogen-bond donors (Lipinski definition) is 1. The molecule has 1 unspecified atom stereocenters. The van der Waals surface area contributed by atoms with Crippen molar-refractivity contribution in [2.24, 2.45) is 7.05 Å². The minimum absolute atomic E-state index is 0.178. The number of carbonyl (C=O) groups is 3. The summed E-state index contributed by atoms with van der Waals surface area (Å²) in [7, 11) is 1.61. The Morgan fingerprint density at radius 2 is 2.18 bits per heavy atom. The third-order valence-corrected chi connectivity index (χ3v) is 2.13. The van der Waals surface area contributed by atoms with Crippen molar-refractivity contribution in [3.63, 3.8) is 0 Å². The van der Waals surface area contributed by atoms with E-state index in [-0.39, 0.29) is 12.4 Å². The maximum atomic E-state index is 13.1. The van der Waals surface area contributed by atoms with Gasteiger partial charge in [-0.2, -0.15) is 5.10 Å². The molecular weight excluding hydrogens is 233 g/mol. The Morgan fingerprint density at radius 3 is 2.76 bits per heavy atom. The smallest absolute Gasteiger partial charge is 0.275 e. The van der Waals surface area contributed by atoms with Crippen LogP contribution in [0.2, 0.25) is 0 Å². The molecule has 1 aromatic heterocycles. The fraction of sp³-hybridized carbons (Fsp3) is 0.375. The van der Waals surface area contributed by atoms with Gasteiger partial charge in [-0.05, 0) is 0 Å². The Labute approximate surface area is 94.4 Å². The number of urea groups is 1. The maximum Gasteiger partial charge on any atom is 0.331 e. The number of barbiturate groups is 1. The van der Waals surface area contributed by atoms with Crippen LogP contribution in [0.25, 0.3) is 0 Å². The molecule has 0 aliphatic carbocycles. The van der Waals surface area contributed by atoms with Crippen LogP contribution >= 0.6 is 0 Å². The van der Waals surface area contributed by atoms with Gasteiger partial charge in [-0.25, -0.2) is 14.2 Å². The number of nitrogens with zero attached hydrogens (tertiary/aromatic N) is 4. The second-order valence-electron chi connectivity index (χ2n) is 3.42. The minimum Gasteiger partial charge on any atom is -0.275 e. The number of aromatic nitrogens is 3. The molecule has 1 aromatic rings. The monoisotopic (exact) mass is 241 g/mol. The largest absolute Gasteiger partial charge is 0.331 e. The summed E-state index contributed by atoms with van der Waals surface area (Å²) in [6, 6.07) is -0.971. The molecule has 0 aromatic carbocycles. The lowest BCUT2D eigenvalue weighted by atomic mass is 10.2. The highest BCUT2D eigenvalue weighted by atomic mass is 19.1. The molecule has 0 saturated carbocycles. The van der Waals surface area contributed by atoms with Crippen LogP contribution in [-0.2, 0) is 23.2 Å². The molecule has 2 rings (SSSR count). The first kappa shape index (κ1) is 11.2. The van der Waals surface area contributed by atoms with E-state index >= 15 is 0 Å². The van der Waals surface area contributed by atoms with Crippen LogP contribution in [0.3, 0.4) is 0 Å². The van der Waals surface area contributed by atoms with Crippen molar-refractivity contribution >= 4 is 17.8 Å². The van der Waals surface area contributed by atoms with Gasteiger partial charge in [-0.1, -0.05) is 0 Å². The summed E-state index contributed by atoms with van der Waals surface area (Å²) in [5, 5.41) is 5.57. The first-order chi connectivity index (χ1) is 7.99. The molecule has 8 nitrogen and oxygen atoms in total. The van der Waals surface area contributed by atoms with E-state index in [0.717, 1.165) is 0 Å². The van der Waals surface area contributed by atoms with Gasteiger partial charge in [0.15, 0.2) is 5.82 Å². The van der Waals surface area contributed by atoms with Crippen LogP contribution in [0.4, 0.5) is 9.18 Å². The number of aryl methyl sites for hydroxylation is 1. The Bertz CT molecular complexity index is 499. The molecule has 17 heavy (non-hydrogen) atoms.